The van der Waals surface area contributed by atoms with Crippen molar-refractivity contribution in [2.24, 2.45) is 0 Å². The molecule has 0 aromatic heterocycles. The minimum atomic E-state index is 0.0336. The molecule has 1 heterocycles. The Balaban J connectivity index is 1.64. The lowest BCUT2D eigenvalue weighted by atomic mass is 10.2. The van der Waals surface area contributed by atoms with E-state index in [4.69, 9.17) is 4.74 Å². The normalized spacial score (nSPS) is 16.5. The van der Waals surface area contributed by atoms with Gasteiger partial charge in [-0.3, -0.25) is 4.79 Å². The summed E-state index contributed by atoms with van der Waals surface area (Å²) in [6.45, 7) is 6.50. The molecule has 122 valence electrons. The van der Waals surface area contributed by atoms with Gasteiger partial charge in [0.05, 0.1) is 7.11 Å². The quantitative estimate of drug-likeness (QED) is 0.772. The van der Waals surface area contributed by atoms with Crippen molar-refractivity contribution in [3.63, 3.8) is 0 Å². The molecule has 1 amide bonds. The molecule has 0 saturated carbocycles. The average Bonchev–Trinajstić information content (AvgIpc) is 3.01. The second-order valence-corrected chi connectivity index (χ2v) is 5.88. The molecular formula is C17H27N3O2. The van der Waals surface area contributed by atoms with Crippen molar-refractivity contribution in [3.05, 3.63) is 24.3 Å². The van der Waals surface area contributed by atoms with E-state index in [-0.39, 0.29) is 11.9 Å². The van der Waals surface area contributed by atoms with Crippen LogP contribution in [0.2, 0.25) is 0 Å². The molecule has 22 heavy (non-hydrogen) atoms. The number of likely N-dealkylation sites (tertiary alicyclic amines) is 1. The summed E-state index contributed by atoms with van der Waals surface area (Å²) in [4.78, 5) is 14.5. The number of anilines is 1. The lowest BCUT2D eigenvalue weighted by Gasteiger charge is -2.18. The minimum Gasteiger partial charge on any atom is -0.497 e. The number of ether oxygens (including phenoxy) is 1. The van der Waals surface area contributed by atoms with Crippen LogP contribution in [0.4, 0.5) is 5.69 Å². The molecular weight excluding hydrogens is 278 g/mol. The van der Waals surface area contributed by atoms with Gasteiger partial charge in [-0.2, -0.15) is 0 Å². The summed E-state index contributed by atoms with van der Waals surface area (Å²) in [5, 5.41) is 6.33. The fourth-order valence-corrected chi connectivity index (χ4v) is 2.71. The van der Waals surface area contributed by atoms with Crippen molar-refractivity contribution < 1.29 is 9.53 Å². The fourth-order valence-electron chi connectivity index (χ4n) is 2.71. The fraction of sp³-hybridized carbons (Fsp3) is 0.588. The highest BCUT2D eigenvalue weighted by Crippen LogP contribution is 2.15. The van der Waals surface area contributed by atoms with Gasteiger partial charge in [0.15, 0.2) is 0 Å². The van der Waals surface area contributed by atoms with E-state index in [0.717, 1.165) is 24.5 Å². The molecule has 1 atom stereocenters. The molecule has 5 nitrogen and oxygen atoms in total. The van der Waals surface area contributed by atoms with Gasteiger partial charge in [0.1, 0.15) is 5.75 Å². The summed E-state index contributed by atoms with van der Waals surface area (Å²) >= 11 is 0. The van der Waals surface area contributed by atoms with Crippen molar-refractivity contribution in [2.75, 3.05) is 38.6 Å². The van der Waals surface area contributed by atoms with Crippen LogP contribution < -0.4 is 15.4 Å². The molecule has 0 spiro atoms. The molecule has 0 unspecified atom stereocenters. The molecule has 1 aliphatic heterocycles. The number of nitrogens with zero attached hydrogens (tertiary/aromatic N) is 1. The van der Waals surface area contributed by atoms with Crippen LogP contribution in [0.15, 0.2) is 24.3 Å². The zero-order chi connectivity index (χ0) is 15.8. The first-order valence-electron chi connectivity index (χ1n) is 8.07. The van der Waals surface area contributed by atoms with Gasteiger partial charge in [-0.1, -0.05) is 0 Å². The maximum atomic E-state index is 12.0. The van der Waals surface area contributed by atoms with Gasteiger partial charge >= 0.3 is 0 Å². The van der Waals surface area contributed by atoms with Crippen LogP contribution in [0.25, 0.3) is 0 Å². The topological polar surface area (TPSA) is 53.6 Å². The SMILES string of the molecule is COc1ccc(NC(=O)C[C@H](C)NCCN2CCCC2)cc1. The standard InChI is InChI=1S/C17H27N3O2/c1-14(18-9-12-20-10-3-4-11-20)13-17(21)19-15-5-7-16(22-2)8-6-15/h5-8,14,18H,3-4,9-13H2,1-2H3,(H,19,21)/t14-/m0/s1. The van der Waals surface area contributed by atoms with E-state index in [9.17, 15) is 4.79 Å². The number of carbonyl (C=O) groups excluding carboxylic acids is 1. The largest absolute Gasteiger partial charge is 0.497 e. The Morgan fingerprint density at radius 3 is 2.59 bits per heavy atom. The van der Waals surface area contributed by atoms with E-state index >= 15 is 0 Å². The number of methoxy groups -OCH3 is 1. The smallest absolute Gasteiger partial charge is 0.225 e. The number of rotatable bonds is 8. The summed E-state index contributed by atoms with van der Waals surface area (Å²) < 4.78 is 5.10. The Bertz CT molecular complexity index is 455. The summed E-state index contributed by atoms with van der Waals surface area (Å²) in [7, 11) is 1.63. The van der Waals surface area contributed by atoms with E-state index in [1.165, 1.54) is 25.9 Å². The first-order chi connectivity index (χ1) is 10.7. The van der Waals surface area contributed by atoms with E-state index in [2.05, 4.69) is 22.5 Å². The highest BCUT2D eigenvalue weighted by molar-refractivity contribution is 5.91. The summed E-state index contributed by atoms with van der Waals surface area (Å²) in [5.41, 5.74) is 0.801. The number of benzene rings is 1. The van der Waals surface area contributed by atoms with Crippen molar-refractivity contribution in [3.8, 4) is 5.75 Å². The van der Waals surface area contributed by atoms with Crippen molar-refractivity contribution in [2.45, 2.75) is 32.2 Å². The molecule has 1 aromatic carbocycles. The van der Waals surface area contributed by atoms with E-state index in [1.807, 2.05) is 24.3 Å². The predicted octanol–water partition coefficient (Wildman–Crippen LogP) is 2.10. The van der Waals surface area contributed by atoms with E-state index in [1.54, 1.807) is 7.11 Å². The van der Waals surface area contributed by atoms with Gasteiger partial charge in [-0.25, -0.2) is 0 Å². The third-order valence-electron chi connectivity index (χ3n) is 3.98. The Labute approximate surface area is 133 Å². The van der Waals surface area contributed by atoms with Crippen molar-refractivity contribution in [1.29, 1.82) is 0 Å². The number of nitrogens with one attached hydrogen (secondary N) is 2. The van der Waals surface area contributed by atoms with Crippen LogP contribution in [0.1, 0.15) is 26.2 Å². The molecule has 2 N–H and O–H groups in total. The summed E-state index contributed by atoms with van der Waals surface area (Å²) in [6, 6.07) is 7.56. The van der Waals surface area contributed by atoms with Crippen molar-refractivity contribution >= 4 is 11.6 Å². The molecule has 5 heteroatoms. The Hall–Kier alpha value is -1.59. The number of carbonyl (C=O) groups is 1. The second kappa shape index (κ2) is 8.76. The second-order valence-electron chi connectivity index (χ2n) is 5.88. The molecule has 1 aliphatic rings. The molecule has 1 fully saturated rings. The third kappa shape index (κ3) is 5.66. The zero-order valence-corrected chi connectivity index (χ0v) is 13.6. The van der Waals surface area contributed by atoms with Gasteiger partial charge in [0.25, 0.3) is 0 Å². The number of amides is 1. The van der Waals surface area contributed by atoms with E-state index in [0.29, 0.717) is 6.42 Å². The lowest BCUT2D eigenvalue weighted by molar-refractivity contribution is -0.116. The molecule has 2 rings (SSSR count). The van der Waals surface area contributed by atoms with Gasteiger partial charge < -0.3 is 20.3 Å². The van der Waals surface area contributed by atoms with Crippen LogP contribution >= 0.6 is 0 Å². The van der Waals surface area contributed by atoms with Gasteiger partial charge in [0.2, 0.25) is 5.91 Å². The maximum Gasteiger partial charge on any atom is 0.225 e. The van der Waals surface area contributed by atoms with Crippen LogP contribution in [0.3, 0.4) is 0 Å². The maximum absolute atomic E-state index is 12.0. The lowest BCUT2D eigenvalue weighted by Crippen LogP contribution is -2.36. The number of hydrogen-bond donors (Lipinski definition) is 2. The Morgan fingerprint density at radius 1 is 1.27 bits per heavy atom. The molecule has 0 radical (unpaired) electrons. The monoisotopic (exact) mass is 305 g/mol. The Kier molecular flexibility index (Phi) is 6.68. The predicted molar refractivity (Wildman–Crippen MR) is 89.4 cm³/mol. The zero-order valence-electron chi connectivity index (χ0n) is 13.6. The molecule has 1 saturated heterocycles. The minimum absolute atomic E-state index is 0.0336. The van der Waals surface area contributed by atoms with Crippen LogP contribution in [-0.4, -0.2) is 50.1 Å². The summed E-state index contributed by atoms with van der Waals surface area (Å²) in [5.74, 6) is 0.821. The van der Waals surface area contributed by atoms with E-state index < -0.39 is 0 Å². The molecule has 0 bridgehead atoms. The molecule has 1 aromatic rings. The Morgan fingerprint density at radius 2 is 1.95 bits per heavy atom. The van der Waals surface area contributed by atoms with Crippen LogP contribution in [0, 0.1) is 0 Å². The summed E-state index contributed by atoms with van der Waals surface area (Å²) in [6.07, 6.45) is 3.12. The van der Waals surface area contributed by atoms with Gasteiger partial charge in [-0.15, -0.1) is 0 Å². The van der Waals surface area contributed by atoms with Gasteiger partial charge in [-0.05, 0) is 57.1 Å². The van der Waals surface area contributed by atoms with Crippen molar-refractivity contribution in [1.82, 2.24) is 10.2 Å². The number of hydrogen-bond acceptors (Lipinski definition) is 4. The highest BCUT2D eigenvalue weighted by Gasteiger charge is 2.12. The average molecular weight is 305 g/mol. The first-order valence-corrected chi connectivity index (χ1v) is 8.07. The third-order valence-corrected chi connectivity index (χ3v) is 3.98. The molecule has 0 aliphatic carbocycles. The van der Waals surface area contributed by atoms with Crippen LogP contribution in [0.5, 0.6) is 5.75 Å². The highest BCUT2D eigenvalue weighted by atomic mass is 16.5. The first kappa shape index (κ1) is 16.8. The van der Waals surface area contributed by atoms with Crippen LogP contribution in [-0.2, 0) is 4.79 Å². The van der Waals surface area contributed by atoms with Gasteiger partial charge in [0, 0.05) is 31.2 Å².